The Balaban J connectivity index is 1.43. The molecule has 0 bridgehead atoms. The van der Waals surface area contributed by atoms with Crippen molar-refractivity contribution >= 4 is 38.9 Å². The zero-order valence-electron chi connectivity index (χ0n) is 17.4. The topological polar surface area (TPSA) is 120 Å². The van der Waals surface area contributed by atoms with Gasteiger partial charge in [-0.1, -0.05) is 17.2 Å². The maximum absolute atomic E-state index is 12.3. The zero-order chi connectivity index (χ0) is 22.2. The van der Waals surface area contributed by atoms with E-state index in [0.29, 0.717) is 30.0 Å². The van der Waals surface area contributed by atoms with Crippen LogP contribution in [0.3, 0.4) is 0 Å². The maximum Gasteiger partial charge on any atom is 0.229 e. The van der Waals surface area contributed by atoms with Crippen molar-refractivity contribution < 1.29 is 17.9 Å². The van der Waals surface area contributed by atoms with Crippen LogP contribution in [0.25, 0.3) is 0 Å². The molecule has 0 saturated carbocycles. The normalized spacial score (nSPS) is 25.3. The number of aryl methyl sites for hydroxylation is 1. The first kappa shape index (κ1) is 22.0. The van der Waals surface area contributed by atoms with Gasteiger partial charge in [-0.05, 0) is 13.8 Å². The van der Waals surface area contributed by atoms with E-state index in [1.165, 1.54) is 11.6 Å². The summed E-state index contributed by atoms with van der Waals surface area (Å²) in [6.45, 7) is 4.22. The molecule has 2 aliphatic rings. The van der Waals surface area contributed by atoms with Gasteiger partial charge in [0.05, 0.1) is 49.2 Å². The molecule has 0 aromatic carbocycles. The summed E-state index contributed by atoms with van der Waals surface area (Å²) in [5.41, 5.74) is 1.50. The monoisotopic (exact) mass is 468 g/mol. The molecule has 4 rings (SSSR count). The fourth-order valence-corrected chi connectivity index (χ4v) is 5.71. The van der Waals surface area contributed by atoms with Crippen LogP contribution in [0, 0.1) is 5.92 Å². The van der Waals surface area contributed by atoms with Crippen LogP contribution < -0.4 is 10.6 Å². The predicted octanol–water partition coefficient (Wildman–Crippen LogP) is 2.14. The Morgan fingerprint density at radius 1 is 1.29 bits per heavy atom. The Morgan fingerprint density at radius 2 is 2.06 bits per heavy atom. The summed E-state index contributed by atoms with van der Waals surface area (Å²) < 4.78 is 38.2. The number of ether oxygens (including phenoxy) is 2. The van der Waals surface area contributed by atoms with E-state index in [4.69, 9.17) is 21.1 Å². The van der Waals surface area contributed by atoms with Gasteiger partial charge in [0.2, 0.25) is 5.95 Å². The number of rotatable bonds is 7. The number of halogens is 1. The number of hydrogen-bond donors (Lipinski definition) is 2. The van der Waals surface area contributed by atoms with Gasteiger partial charge in [0.1, 0.15) is 11.1 Å². The second kappa shape index (κ2) is 8.73. The maximum atomic E-state index is 12.3. The Kier molecular flexibility index (Phi) is 6.20. The summed E-state index contributed by atoms with van der Waals surface area (Å²) in [4.78, 5) is 8.64. The molecule has 2 aliphatic heterocycles. The minimum absolute atomic E-state index is 0.000487. The smallest absolute Gasteiger partial charge is 0.229 e. The molecule has 4 unspecified atom stereocenters. The summed E-state index contributed by atoms with van der Waals surface area (Å²) in [6.07, 6.45) is 4.39. The van der Waals surface area contributed by atoms with E-state index in [0.717, 1.165) is 11.3 Å². The first-order chi connectivity index (χ1) is 14.7. The number of hydrogen-bond acceptors (Lipinski definition) is 9. The number of sulfone groups is 1. The summed E-state index contributed by atoms with van der Waals surface area (Å²) in [5, 5.41) is 12.1. The number of fused-ring (bicyclic) bond motifs is 1. The molecule has 4 atom stereocenters. The molecule has 12 heteroatoms. The summed E-state index contributed by atoms with van der Waals surface area (Å²) >= 11 is 6.29. The lowest BCUT2D eigenvalue weighted by atomic mass is 10.0. The molecule has 0 spiro atoms. The average Bonchev–Trinajstić information content (AvgIpc) is 3.36. The van der Waals surface area contributed by atoms with Crippen LogP contribution in [-0.4, -0.2) is 65.4 Å². The Hall–Kier alpha value is -2.21. The number of aromatic nitrogens is 4. The molecule has 0 aliphatic carbocycles. The van der Waals surface area contributed by atoms with Crippen molar-refractivity contribution in [3.8, 4) is 0 Å². The molecule has 0 amide bonds. The van der Waals surface area contributed by atoms with E-state index in [-0.39, 0.29) is 29.9 Å². The molecule has 2 saturated heterocycles. The van der Waals surface area contributed by atoms with Gasteiger partial charge in [0.15, 0.2) is 15.7 Å². The van der Waals surface area contributed by atoms with Gasteiger partial charge < -0.3 is 20.1 Å². The van der Waals surface area contributed by atoms with E-state index in [2.05, 4.69) is 25.7 Å². The van der Waals surface area contributed by atoms with Gasteiger partial charge in [-0.2, -0.15) is 10.1 Å². The zero-order valence-corrected chi connectivity index (χ0v) is 19.0. The quantitative estimate of drug-likeness (QED) is 0.629. The van der Waals surface area contributed by atoms with Crippen molar-refractivity contribution in [1.82, 2.24) is 19.7 Å². The van der Waals surface area contributed by atoms with Gasteiger partial charge in [-0.15, -0.1) is 0 Å². The molecular weight excluding hydrogens is 444 g/mol. The first-order valence-corrected chi connectivity index (χ1v) is 11.9. The van der Waals surface area contributed by atoms with E-state index in [1.54, 1.807) is 30.9 Å². The number of nitrogens with zero attached hydrogens (tertiary/aromatic N) is 4. The third-order valence-corrected chi connectivity index (χ3v) is 7.04. The van der Waals surface area contributed by atoms with Crippen molar-refractivity contribution in [2.75, 3.05) is 29.6 Å². The van der Waals surface area contributed by atoms with E-state index >= 15 is 0 Å². The van der Waals surface area contributed by atoms with Crippen molar-refractivity contribution in [2.45, 2.75) is 32.1 Å². The van der Waals surface area contributed by atoms with Crippen molar-refractivity contribution in [2.24, 2.45) is 13.0 Å². The molecule has 2 N–H and O–H groups in total. The van der Waals surface area contributed by atoms with Crippen molar-refractivity contribution in [1.29, 1.82) is 0 Å². The van der Waals surface area contributed by atoms with E-state index in [9.17, 15) is 8.42 Å². The Bertz CT molecular complexity index is 1080. The van der Waals surface area contributed by atoms with Crippen molar-refractivity contribution in [3.05, 3.63) is 34.6 Å². The van der Waals surface area contributed by atoms with Gasteiger partial charge in [-0.3, -0.25) is 4.68 Å². The highest BCUT2D eigenvalue weighted by molar-refractivity contribution is 7.94. The molecular formula is C19H25ClN6O4S. The second-order valence-electron chi connectivity index (χ2n) is 8.05. The Morgan fingerprint density at radius 3 is 2.77 bits per heavy atom. The lowest BCUT2D eigenvalue weighted by Crippen LogP contribution is -2.36. The van der Waals surface area contributed by atoms with Crippen LogP contribution in [-0.2, 0) is 26.4 Å². The van der Waals surface area contributed by atoms with Gasteiger partial charge in [0.25, 0.3) is 0 Å². The largest absolute Gasteiger partial charge is 0.373 e. The molecule has 2 fully saturated rings. The first-order valence-electron chi connectivity index (χ1n) is 9.86. The Labute approximate surface area is 185 Å². The van der Waals surface area contributed by atoms with Crippen LogP contribution in [0.4, 0.5) is 17.5 Å². The van der Waals surface area contributed by atoms with Gasteiger partial charge in [-0.25, -0.2) is 13.4 Å². The lowest BCUT2D eigenvalue weighted by molar-refractivity contribution is 0.0656. The fourth-order valence-electron chi connectivity index (χ4n) is 3.87. The average molecular weight is 469 g/mol. The lowest BCUT2D eigenvalue weighted by Gasteiger charge is -2.19. The van der Waals surface area contributed by atoms with Gasteiger partial charge in [0, 0.05) is 24.6 Å². The molecule has 0 radical (unpaired) electrons. The molecule has 168 valence electrons. The van der Waals surface area contributed by atoms with Crippen LogP contribution in [0.5, 0.6) is 0 Å². The SMILES string of the molecule is CC(C)=CS(=O)(=O)CC1COC2C(Nc3nc(Nc4cnn(C)c4)ncc3Cl)COC12. The van der Waals surface area contributed by atoms with Crippen LogP contribution >= 0.6 is 11.6 Å². The third kappa shape index (κ3) is 5.17. The summed E-state index contributed by atoms with van der Waals surface area (Å²) in [7, 11) is -1.50. The third-order valence-electron chi connectivity index (χ3n) is 5.04. The van der Waals surface area contributed by atoms with Crippen LogP contribution in [0.1, 0.15) is 13.8 Å². The minimum atomic E-state index is -3.32. The van der Waals surface area contributed by atoms with Gasteiger partial charge >= 0.3 is 0 Å². The van der Waals surface area contributed by atoms with Crippen LogP contribution in [0.15, 0.2) is 29.6 Å². The van der Waals surface area contributed by atoms with E-state index < -0.39 is 9.84 Å². The molecule has 2 aromatic heterocycles. The molecule has 10 nitrogen and oxygen atoms in total. The second-order valence-corrected chi connectivity index (χ2v) is 10.4. The minimum Gasteiger partial charge on any atom is -0.373 e. The van der Waals surface area contributed by atoms with Crippen molar-refractivity contribution in [3.63, 3.8) is 0 Å². The molecule has 4 heterocycles. The van der Waals surface area contributed by atoms with Crippen LogP contribution in [0.2, 0.25) is 5.02 Å². The number of anilines is 3. The fraction of sp³-hybridized carbons (Fsp3) is 0.526. The highest BCUT2D eigenvalue weighted by atomic mass is 35.5. The highest BCUT2D eigenvalue weighted by Crippen LogP contribution is 2.34. The molecule has 2 aromatic rings. The predicted molar refractivity (Wildman–Crippen MR) is 117 cm³/mol. The number of nitrogens with one attached hydrogen (secondary N) is 2. The summed E-state index contributed by atoms with van der Waals surface area (Å²) in [6, 6.07) is -0.209. The highest BCUT2D eigenvalue weighted by Gasteiger charge is 2.48. The standard InChI is InChI=1S/C19H25ClN6O4S/c1-11(2)9-31(27,28)10-12-7-29-17-15(8-30-16(12)17)24-18-14(20)5-21-19(25-18)23-13-4-22-26(3)6-13/h4-6,9,12,15-17H,7-8,10H2,1-3H3,(H2,21,23,24,25). The summed E-state index contributed by atoms with van der Waals surface area (Å²) in [5.74, 6) is 0.593. The number of allylic oxidation sites excluding steroid dienone is 1. The molecule has 31 heavy (non-hydrogen) atoms. The van der Waals surface area contributed by atoms with E-state index in [1.807, 2.05) is 7.05 Å².